The van der Waals surface area contributed by atoms with E-state index in [0.29, 0.717) is 11.8 Å². The highest BCUT2D eigenvalue weighted by Crippen LogP contribution is 2.27. The molecule has 110 valence electrons. The Balaban J connectivity index is 1.69. The summed E-state index contributed by atoms with van der Waals surface area (Å²) in [5.41, 5.74) is 2.05. The molecule has 0 aliphatic heterocycles. The van der Waals surface area contributed by atoms with Gasteiger partial charge in [-0.2, -0.15) is 0 Å². The summed E-state index contributed by atoms with van der Waals surface area (Å²) in [5.74, 6) is 1.03. The maximum atomic E-state index is 5.79. The molecule has 0 N–H and O–H groups in total. The van der Waals surface area contributed by atoms with E-state index in [4.69, 9.17) is 4.42 Å². The molecule has 1 aromatic heterocycles. The molecule has 3 nitrogen and oxygen atoms in total. The van der Waals surface area contributed by atoms with E-state index < -0.39 is 0 Å². The number of hydrogen-bond donors (Lipinski definition) is 0. The predicted molar refractivity (Wildman–Crippen MR) is 92.6 cm³/mol. The Labute approximate surface area is 133 Å². The van der Waals surface area contributed by atoms with E-state index in [2.05, 4.69) is 28.4 Å². The highest BCUT2D eigenvalue weighted by molar-refractivity contribution is 5.94. The van der Waals surface area contributed by atoms with Crippen LogP contribution >= 0.6 is 0 Å². The van der Waals surface area contributed by atoms with Gasteiger partial charge in [0.2, 0.25) is 11.8 Å². The van der Waals surface area contributed by atoms with E-state index in [-0.39, 0.29) is 0 Å². The van der Waals surface area contributed by atoms with Crippen LogP contribution in [-0.2, 0) is 0 Å². The fraction of sp³-hybridized carbons (Fsp3) is 0. The van der Waals surface area contributed by atoms with Crippen molar-refractivity contribution < 1.29 is 4.42 Å². The molecular weight excluding hydrogens is 284 g/mol. The third kappa shape index (κ3) is 2.77. The van der Waals surface area contributed by atoms with Gasteiger partial charge < -0.3 is 4.42 Å². The second kappa shape index (κ2) is 5.89. The summed E-state index contributed by atoms with van der Waals surface area (Å²) >= 11 is 0. The molecule has 0 saturated heterocycles. The summed E-state index contributed by atoms with van der Waals surface area (Å²) in [4.78, 5) is 0. The summed E-state index contributed by atoms with van der Waals surface area (Å²) in [5, 5.41) is 10.6. The summed E-state index contributed by atoms with van der Waals surface area (Å²) in [6, 6.07) is 24.3. The van der Waals surface area contributed by atoms with Crippen LogP contribution in [0.1, 0.15) is 11.5 Å². The summed E-state index contributed by atoms with van der Waals surface area (Å²) in [6.07, 6.45) is 3.79. The molecule has 0 aliphatic rings. The van der Waals surface area contributed by atoms with Crippen molar-refractivity contribution in [2.24, 2.45) is 0 Å². The highest BCUT2D eigenvalue weighted by Gasteiger charge is 2.09. The lowest BCUT2D eigenvalue weighted by atomic mass is 10.0. The van der Waals surface area contributed by atoms with E-state index in [0.717, 1.165) is 21.9 Å². The first kappa shape index (κ1) is 13.5. The number of benzene rings is 3. The van der Waals surface area contributed by atoms with Gasteiger partial charge in [-0.15, -0.1) is 10.2 Å². The second-order valence-corrected chi connectivity index (χ2v) is 5.22. The van der Waals surface area contributed by atoms with Gasteiger partial charge in [-0.05, 0) is 28.5 Å². The molecule has 3 heteroatoms. The Morgan fingerprint density at radius 1 is 0.696 bits per heavy atom. The van der Waals surface area contributed by atoms with Gasteiger partial charge in [0.25, 0.3) is 0 Å². The van der Waals surface area contributed by atoms with Gasteiger partial charge in [-0.3, -0.25) is 0 Å². The van der Waals surface area contributed by atoms with Gasteiger partial charge in [0.1, 0.15) is 0 Å². The van der Waals surface area contributed by atoms with Crippen molar-refractivity contribution in [3.8, 4) is 11.5 Å². The Hall–Kier alpha value is -3.20. The normalized spacial score (nSPS) is 11.3. The first-order valence-electron chi connectivity index (χ1n) is 7.45. The van der Waals surface area contributed by atoms with E-state index in [1.54, 1.807) is 0 Å². The van der Waals surface area contributed by atoms with Gasteiger partial charge >= 0.3 is 0 Å². The molecule has 23 heavy (non-hydrogen) atoms. The number of aromatic nitrogens is 2. The molecule has 0 fully saturated rings. The third-order valence-electron chi connectivity index (χ3n) is 3.68. The van der Waals surface area contributed by atoms with Crippen molar-refractivity contribution in [2.45, 2.75) is 0 Å². The monoisotopic (exact) mass is 298 g/mol. The molecule has 4 rings (SSSR count). The molecular formula is C20H14N2O. The van der Waals surface area contributed by atoms with Gasteiger partial charge in [0.05, 0.1) is 0 Å². The van der Waals surface area contributed by atoms with Crippen LogP contribution in [0.4, 0.5) is 0 Å². The van der Waals surface area contributed by atoms with Crippen molar-refractivity contribution >= 4 is 22.9 Å². The van der Waals surface area contributed by atoms with Crippen LogP contribution in [0.3, 0.4) is 0 Å². The Kier molecular flexibility index (Phi) is 3.45. The maximum Gasteiger partial charge on any atom is 0.248 e. The zero-order chi connectivity index (χ0) is 15.5. The molecule has 1 heterocycles. The quantitative estimate of drug-likeness (QED) is 0.530. The van der Waals surface area contributed by atoms with E-state index in [9.17, 15) is 0 Å². The topological polar surface area (TPSA) is 38.9 Å². The molecule has 0 radical (unpaired) electrons. The molecule has 0 aliphatic carbocycles. The van der Waals surface area contributed by atoms with Gasteiger partial charge in [-0.25, -0.2) is 0 Å². The Morgan fingerprint density at radius 2 is 1.48 bits per heavy atom. The highest BCUT2D eigenvalue weighted by atomic mass is 16.4. The molecule has 0 unspecified atom stereocenters. The first-order chi connectivity index (χ1) is 11.4. The molecule has 0 bridgehead atoms. The van der Waals surface area contributed by atoms with Crippen LogP contribution in [-0.4, -0.2) is 10.2 Å². The van der Waals surface area contributed by atoms with Crippen LogP contribution in [0.2, 0.25) is 0 Å². The van der Waals surface area contributed by atoms with E-state index >= 15 is 0 Å². The Morgan fingerprint density at radius 3 is 2.39 bits per heavy atom. The molecule has 0 saturated carbocycles. The Bertz CT molecular complexity index is 966. The minimum atomic E-state index is 0.497. The van der Waals surface area contributed by atoms with Crippen molar-refractivity contribution in [3.63, 3.8) is 0 Å². The minimum absolute atomic E-state index is 0.497. The lowest BCUT2D eigenvalue weighted by Gasteiger charge is -2.01. The molecule has 3 aromatic carbocycles. The SMILES string of the molecule is C(=C\c1nnc(-c2cccc3ccccc23)o1)/c1ccccc1. The van der Waals surface area contributed by atoms with Crippen molar-refractivity contribution in [2.75, 3.05) is 0 Å². The average Bonchev–Trinajstić information content (AvgIpc) is 3.09. The number of hydrogen-bond acceptors (Lipinski definition) is 3. The van der Waals surface area contributed by atoms with Crippen LogP contribution in [0.25, 0.3) is 34.4 Å². The fourth-order valence-corrected chi connectivity index (χ4v) is 2.55. The number of rotatable bonds is 3. The first-order valence-corrected chi connectivity index (χ1v) is 7.45. The predicted octanol–water partition coefficient (Wildman–Crippen LogP) is 5.06. The largest absolute Gasteiger partial charge is 0.417 e. The summed E-state index contributed by atoms with van der Waals surface area (Å²) in [6.45, 7) is 0. The third-order valence-corrected chi connectivity index (χ3v) is 3.68. The lowest BCUT2D eigenvalue weighted by molar-refractivity contribution is 0.558. The van der Waals surface area contributed by atoms with Crippen molar-refractivity contribution in [3.05, 3.63) is 84.3 Å². The van der Waals surface area contributed by atoms with Crippen LogP contribution < -0.4 is 0 Å². The average molecular weight is 298 g/mol. The van der Waals surface area contributed by atoms with Crippen molar-refractivity contribution in [1.29, 1.82) is 0 Å². The van der Waals surface area contributed by atoms with Crippen LogP contribution in [0.5, 0.6) is 0 Å². The molecule has 0 atom stereocenters. The van der Waals surface area contributed by atoms with Crippen LogP contribution in [0, 0.1) is 0 Å². The van der Waals surface area contributed by atoms with E-state index in [1.165, 1.54) is 0 Å². The summed E-state index contributed by atoms with van der Waals surface area (Å²) < 4.78 is 5.79. The molecule has 4 aromatic rings. The number of nitrogens with zero attached hydrogens (tertiary/aromatic N) is 2. The van der Waals surface area contributed by atoms with Gasteiger partial charge in [0, 0.05) is 11.6 Å². The van der Waals surface area contributed by atoms with Crippen LogP contribution in [0.15, 0.2) is 77.2 Å². The van der Waals surface area contributed by atoms with Gasteiger partial charge in [0.15, 0.2) is 0 Å². The number of fused-ring (bicyclic) bond motifs is 1. The lowest BCUT2D eigenvalue weighted by Crippen LogP contribution is -1.80. The second-order valence-electron chi connectivity index (χ2n) is 5.22. The summed E-state index contributed by atoms with van der Waals surface area (Å²) in [7, 11) is 0. The van der Waals surface area contributed by atoms with Gasteiger partial charge in [-0.1, -0.05) is 66.7 Å². The maximum absolute atomic E-state index is 5.79. The zero-order valence-electron chi connectivity index (χ0n) is 12.4. The zero-order valence-corrected chi connectivity index (χ0v) is 12.4. The molecule has 0 amide bonds. The standard InChI is InChI=1S/C20H14N2O/c1-2-7-15(8-3-1)13-14-19-21-22-20(23-19)18-12-6-10-16-9-4-5-11-17(16)18/h1-14H/b14-13+. The van der Waals surface area contributed by atoms with Crippen molar-refractivity contribution in [1.82, 2.24) is 10.2 Å². The fourth-order valence-electron chi connectivity index (χ4n) is 2.55. The minimum Gasteiger partial charge on any atom is -0.417 e. The smallest absolute Gasteiger partial charge is 0.248 e. The van der Waals surface area contributed by atoms with E-state index in [1.807, 2.05) is 66.7 Å². The molecule has 0 spiro atoms.